The second-order valence-corrected chi connectivity index (χ2v) is 8.84. The van der Waals surface area contributed by atoms with E-state index in [0.717, 1.165) is 23.9 Å². The third-order valence-electron chi connectivity index (χ3n) is 6.78. The lowest BCUT2D eigenvalue weighted by molar-refractivity contribution is -0.138. The first-order valence-corrected chi connectivity index (χ1v) is 10.4. The molecule has 1 N–H and O–H groups in total. The van der Waals surface area contributed by atoms with Crippen LogP contribution in [-0.4, -0.2) is 61.7 Å². The fourth-order valence-electron chi connectivity index (χ4n) is 5.20. The largest absolute Gasteiger partial charge is 0.367 e. The molecule has 31 heavy (non-hydrogen) atoms. The summed E-state index contributed by atoms with van der Waals surface area (Å²) in [5, 5.41) is 4.62. The molecule has 3 aromatic heterocycles. The van der Waals surface area contributed by atoms with Gasteiger partial charge in [-0.05, 0) is 25.0 Å². The van der Waals surface area contributed by atoms with Crippen LogP contribution in [0.2, 0.25) is 0 Å². The van der Waals surface area contributed by atoms with Crippen molar-refractivity contribution in [2.45, 2.75) is 37.3 Å². The number of piperazine rings is 1. The van der Waals surface area contributed by atoms with E-state index < -0.39 is 23.7 Å². The molecule has 2 bridgehead atoms. The fourth-order valence-corrected chi connectivity index (χ4v) is 5.20. The zero-order valence-corrected chi connectivity index (χ0v) is 16.9. The van der Waals surface area contributed by atoms with Crippen LogP contribution in [0, 0.1) is 11.9 Å². The zero-order chi connectivity index (χ0) is 21.5. The van der Waals surface area contributed by atoms with Crippen LogP contribution in [0.1, 0.15) is 19.3 Å². The van der Waals surface area contributed by atoms with Gasteiger partial charge in [0.05, 0.1) is 11.3 Å². The number of hydrogen-bond acceptors (Lipinski definition) is 4. The van der Waals surface area contributed by atoms with Gasteiger partial charge in [0.25, 0.3) is 5.92 Å². The third kappa shape index (κ3) is 2.84. The van der Waals surface area contributed by atoms with E-state index in [0.29, 0.717) is 30.0 Å². The van der Waals surface area contributed by atoms with E-state index in [-0.39, 0.29) is 18.5 Å². The Balaban J connectivity index is 1.30. The monoisotopic (exact) mass is 430 g/mol. The molecule has 7 nitrogen and oxygen atoms in total. The summed E-state index contributed by atoms with van der Waals surface area (Å²) in [6, 6.07) is 3.63. The van der Waals surface area contributed by atoms with Crippen LogP contribution >= 0.6 is 0 Å². The summed E-state index contributed by atoms with van der Waals surface area (Å²) < 4.78 is 42.5. The lowest BCUT2D eigenvalue weighted by atomic mass is 10.1. The Morgan fingerprint density at radius 2 is 1.97 bits per heavy atom. The molecular weight excluding hydrogens is 409 g/mol. The number of pyridine rings is 1. The van der Waals surface area contributed by atoms with Crippen LogP contribution in [0.25, 0.3) is 22.3 Å². The number of carbonyl (C=O) groups is 1. The Labute approximate surface area is 175 Å². The van der Waals surface area contributed by atoms with Gasteiger partial charge in [-0.2, -0.15) is 4.39 Å². The molecule has 3 fully saturated rings. The Morgan fingerprint density at radius 1 is 1.26 bits per heavy atom. The maximum Gasteiger partial charge on any atom is 0.260 e. The third-order valence-corrected chi connectivity index (χ3v) is 6.78. The Bertz CT molecular complexity index is 1190. The minimum Gasteiger partial charge on any atom is -0.367 e. The number of halogens is 3. The van der Waals surface area contributed by atoms with Gasteiger partial charge in [-0.1, -0.05) is 0 Å². The van der Waals surface area contributed by atoms with Crippen molar-refractivity contribution in [2.24, 2.45) is 13.0 Å². The van der Waals surface area contributed by atoms with E-state index in [4.69, 9.17) is 0 Å². The molecule has 0 aromatic carbocycles. The Morgan fingerprint density at radius 3 is 2.58 bits per heavy atom. The number of carbonyl (C=O) groups excluding carboxylic acids is 1. The lowest BCUT2D eigenvalue weighted by Crippen LogP contribution is -2.56. The number of alkyl halides is 2. The summed E-state index contributed by atoms with van der Waals surface area (Å²) in [7, 11) is 1.66. The van der Waals surface area contributed by atoms with Crippen LogP contribution in [0.5, 0.6) is 0 Å². The van der Waals surface area contributed by atoms with Crippen molar-refractivity contribution < 1.29 is 18.0 Å². The van der Waals surface area contributed by atoms with Crippen LogP contribution < -0.4 is 4.90 Å². The van der Waals surface area contributed by atoms with E-state index in [2.05, 4.69) is 20.0 Å². The molecule has 6 rings (SSSR count). The van der Waals surface area contributed by atoms with E-state index >= 15 is 0 Å². The first-order chi connectivity index (χ1) is 14.8. The maximum atomic E-state index is 14.2. The lowest BCUT2D eigenvalue weighted by Gasteiger charge is -2.42. The summed E-state index contributed by atoms with van der Waals surface area (Å²) in [6.07, 6.45) is 4.62. The van der Waals surface area contributed by atoms with Gasteiger partial charge in [0.2, 0.25) is 11.9 Å². The number of rotatable bonds is 3. The van der Waals surface area contributed by atoms with Crippen LogP contribution in [0.3, 0.4) is 0 Å². The summed E-state index contributed by atoms with van der Waals surface area (Å²) >= 11 is 0. The van der Waals surface area contributed by atoms with Gasteiger partial charge < -0.3 is 14.8 Å². The van der Waals surface area contributed by atoms with Crippen molar-refractivity contribution >= 4 is 22.6 Å². The van der Waals surface area contributed by atoms with Gasteiger partial charge in [-0.15, -0.1) is 5.10 Å². The second-order valence-electron chi connectivity index (χ2n) is 8.84. The molecule has 2 saturated heterocycles. The molecule has 1 saturated carbocycles. The van der Waals surface area contributed by atoms with Crippen molar-refractivity contribution in [3.05, 3.63) is 30.5 Å². The molecule has 3 aromatic rings. The van der Waals surface area contributed by atoms with Gasteiger partial charge in [-0.25, -0.2) is 13.8 Å². The predicted molar refractivity (Wildman–Crippen MR) is 107 cm³/mol. The number of nitrogens with zero attached hydrogens (tertiary/aromatic N) is 5. The second kappa shape index (κ2) is 6.24. The van der Waals surface area contributed by atoms with Gasteiger partial charge in [0.1, 0.15) is 11.6 Å². The Hall–Kier alpha value is -3.04. The highest BCUT2D eigenvalue weighted by Crippen LogP contribution is 2.51. The topological polar surface area (TPSA) is 70.1 Å². The number of H-pyrrole nitrogens is 1. The number of aromatic amines is 1. The van der Waals surface area contributed by atoms with Crippen molar-refractivity contribution in [3.8, 4) is 11.3 Å². The van der Waals surface area contributed by atoms with Crippen molar-refractivity contribution in [3.63, 3.8) is 0 Å². The van der Waals surface area contributed by atoms with Crippen LogP contribution in [0.4, 0.5) is 18.9 Å². The average Bonchev–Trinajstić information content (AvgIpc) is 3.01. The average molecular weight is 430 g/mol. The zero-order valence-electron chi connectivity index (χ0n) is 16.9. The molecule has 5 heterocycles. The summed E-state index contributed by atoms with van der Waals surface area (Å²) in [5.41, 5.74) is 2.54. The molecule has 2 aliphatic heterocycles. The van der Waals surface area contributed by atoms with Crippen LogP contribution in [0.15, 0.2) is 24.5 Å². The number of amides is 1. The number of nitrogens with one attached hydrogen (secondary N) is 1. The van der Waals surface area contributed by atoms with Crippen molar-refractivity contribution in [1.82, 2.24) is 24.6 Å². The van der Waals surface area contributed by atoms with Gasteiger partial charge in [0.15, 0.2) is 0 Å². The maximum absolute atomic E-state index is 14.2. The van der Waals surface area contributed by atoms with Gasteiger partial charge >= 0.3 is 0 Å². The Kier molecular flexibility index (Phi) is 3.77. The first-order valence-electron chi connectivity index (χ1n) is 10.4. The number of fused-ring (bicyclic) bond motifs is 3. The molecule has 10 heteroatoms. The quantitative estimate of drug-likeness (QED) is 0.694. The minimum absolute atomic E-state index is 0.0694. The highest BCUT2D eigenvalue weighted by atomic mass is 19.3. The number of anilines is 1. The molecule has 0 radical (unpaired) electrons. The molecule has 3 atom stereocenters. The SMILES string of the molecule is Cn1cc(-c2cc3c(N4CC5CCC(C4)N5C(=O)[C@@H]4CC4(F)F)ccnc3[nH]2)c(F)n1. The summed E-state index contributed by atoms with van der Waals surface area (Å²) in [5.74, 6) is -4.93. The molecule has 0 spiro atoms. The molecule has 2 unspecified atom stereocenters. The predicted octanol–water partition coefficient (Wildman–Crippen LogP) is 2.94. The summed E-state index contributed by atoms with van der Waals surface area (Å²) in [6.45, 7) is 1.17. The van der Waals surface area contributed by atoms with E-state index in [9.17, 15) is 18.0 Å². The highest BCUT2D eigenvalue weighted by Gasteiger charge is 2.64. The molecule has 162 valence electrons. The number of aromatic nitrogens is 4. The molecular formula is C21H21F3N6O. The first kappa shape index (κ1) is 18.7. The van der Waals surface area contributed by atoms with E-state index in [1.165, 1.54) is 4.68 Å². The van der Waals surface area contributed by atoms with Crippen molar-refractivity contribution in [1.29, 1.82) is 0 Å². The fraction of sp³-hybridized carbons (Fsp3) is 0.476. The molecule has 1 amide bonds. The smallest absolute Gasteiger partial charge is 0.260 e. The molecule has 3 aliphatic rings. The van der Waals surface area contributed by atoms with E-state index in [1.54, 1.807) is 24.3 Å². The van der Waals surface area contributed by atoms with Gasteiger partial charge in [0, 0.05) is 62.1 Å². The highest BCUT2D eigenvalue weighted by molar-refractivity contribution is 5.94. The van der Waals surface area contributed by atoms with Crippen LogP contribution in [-0.2, 0) is 11.8 Å². The summed E-state index contributed by atoms with van der Waals surface area (Å²) in [4.78, 5) is 24.1. The standard InChI is InChI=1S/C21H21F3N6O/c1-28-10-14(18(22)27-28)16-6-13-17(4-5-25-19(13)26-16)29-8-11-2-3-12(9-29)30(11)20(31)15-7-21(15,23)24/h4-6,10-12,15H,2-3,7-9H2,1H3,(H,25,26)/t11?,12?,15-/m0/s1. The number of aryl methyl sites for hydroxylation is 1. The minimum atomic E-state index is -2.84. The normalized spacial score (nSPS) is 26.6. The molecule has 1 aliphatic carbocycles. The van der Waals surface area contributed by atoms with Crippen molar-refractivity contribution in [2.75, 3.05) is 18.0 Å². The van der Waals surface area contributed by atoms with E-state index in [1.807, 2.05) is 12.1 Å². The van der Waals surface area contributed by atoms with Gasteiger partial charge in [-0.3, -0.25) is 9.48 Å². The number of hydrogen-bond donors (Lipinski definition) is 1.